The number of nitrogens with zero attached hydrogens (tertiary/aromatic N) is 2. The van der Waals surface area contributed by atoms with Gasteiger partial charge in [-0.15, -0.1) is 0 Å². The number of aromatic nitrogens is 2. The van der Waals surface area contributed by atoms with E-state index in [1.54, 1.807) is 0 Å². The standard InChI is InChI=1S/C16H20ClN3O4S/c1-2-3-4-5-10-18-15(21)16-19-14(20-24-16)11-25(22,23)13-8-6-12(17)7-9-13/h6-9H,2-5,10-11H2,1H3,(H,18,21). The van der Waals surface area contributed by atoms with Crippen LogP contribution in [0.3, 0.4) is 0 Å². The Labute approximate surface area is 151 Å². The van der Waals surface area contributed by atoms with Crippen molar-refractivity contribution in [3.05, 3.63) is 41.0 Å². The quantitative estimate of drug-likeness (QED) is 0.665. The number of benzene rings is 1. The summed E-state index contributed by atoms with van der Waals surface area (Å²) in [6.45, 7) is 2.62. The Morgan fingerprint density at radius 3 is 2.60 bits per heavy atom. The lowest BCUT2D eigenvalue weighted by atomic mass is 10.2. The molecule has 0 aliphatic carbocycles. The third-order valence-corrected chi connectivity index (χ3v) is 5.35. The van der Waals surface area contributed by atoms with Crippen LogP contribution in [0.25, 0.3) is 0 Å². The molecular formula is C16H20ClN3O4S. The SMILES string of the molecule is CCCCCCNC(=O)c1nc(CS(=O)(=O)c2ccc(Cl)cc2)no1. The van der Waals surface area contributed by atoms with Crippen molar-refractivity contribution in [3.8, 4) is 0 Å². The zero-order valence-corrected chi connectivity index (χ0v) is 15.4. The monoisotopic (exact) mass is 385 g/mol. The summed E-state index contributed by atoms with van der Waals surface area (Å²) in [6, 6.07) is 5.79. The average molecular weight is 386 g/mol. The molecule has 0 aliphatic rings. The summed E-state index contributed by atoms with van der Waals surface area (Å²) in [5.74, 6) is -1.26. The number of amides is 1. The average Bonchev–Trinajstić information content (AvgIpc) is 3.02. The molecule has 0 unspecified atom stereocenters. The van der Waals surface area contributed by atoms with Crippen molar-refractivity contribution in [3.63, 3.8) is 0 Å². The van der Waals surface area contributed by atoms with Crippen LogP contribution in [-0.2, 0) is 15.6 Å². The van der Waals surface area contributed by atoms with Gasteiger partial charge in [-0.3, -0.25) is 4.79 Å². The predicted molar refractivity (Wildman–Crippen MR) is 93.1 cm³/mol. The normalized spacial score (nSPS) is 11.4. The van der Waals surface area contributed by atoms with E-state index in [0.29, 0.717) is 11.6 Å². The molecule has 1 aromatic heterocycles. The first-order valence-electron chi connectivity index (χ1n) is 8.01. The van der Waals surface area contributed by atoms with Gasteiger partial charge in [0.05, 0.1) is 4.90 Å². The van der Waals surface area contributed by atoms with Gasteiger partial charge in [-0.2, -0.15) is 4.98 Å². The molecule has 7 nitrogen and oxygen atoms in total. The lowest BCUT2D eigenvalue weighted by Crippen LogP contribution is -2.24. The van der Waals surface area contributed by atoms with E-state index in [0.717, 1.165) is 25.7 Å². The Morgan fingerprint density at radius 1 is 1.20 bits per heavy atom. The molecule has 0 atom stereocenters. The van der Waals surface area contributed by atoms with E-state index < -0.39 is 21.5 Å². The molecule has 9 heteroatoms. The van der Waals surface area contributed by atoms with Crippen molar-refractivity contribution >= 4 is 27.3 Å². The lowest BCUT2D eigenvalue weighted by molar-refractivity contribution is 0.0909. The minimum atomic E-state index is -3.65. The lowest BCUT2D eigenvalue weighted by Gasteiger charge is -2.01. The fourth-order valence-corrected chi connectivity index (χ4v) is 3.43. The molecule has 2 aromatic rings. The number of sulfone groups is 1. The number of carbonyl (C=O) groups is 1. The second-order valence-corrected chi connectivity index (χ2v) is 7.97. The molecule has 1 heterocycles. The van der Waals surface area contributed by atoms with Gasteiger partial charge in [0.25, 0.3) is 0 Å². The Morgan fingerprint density at radius 2 is 1.92 bits per heavy atom. The van der Waals surface area contributed by atoms with Crippen LogP contribution in [0.15, 0.2) is 33.7 Å². The Balaban J connectivity index is 1.94. The van der Waals surface area contributed by atoms with E-state index in [4.69, 9.17) is 16.1 Å². The molecule has 136 valence electrons. The van der Waals surface area contributed by atoms with Crippen molar-refractivity contribution in [2.75, 3.05) is 6.54 Å². The van der Waals surface area contributed by atoms with E-state index in [2.05, 4.69) is 22.4 Å². The summed E-state index contributed by atoms with van der Waals surface area (Å²) in [4.78, 5) is 15.9. The summed E-state index contributed by atoms with van der Waals surface area (Å²) in [6.07, 6.45) is 4.13. The number of unbranched alkanes of at least 4 members (excludes halogenated alkanes) is 3. The van der Waals surface area contributed by atoms with Gasteiger partial charge in [-0.1, -0.05) is 42.9 Å². The molecule has 0 bridgehead atoms. The highest BCUT2D eigenvalue weighted by molar-refractivity contribution is 7.90. The Kier molecular flexibility index (Phi) is 6.95. The highest BCUT2D eigenvalue weighted by atomic mass is 35.5. The number of rotatable bonds is 9. The molecular weight excluding hydrogens is 366 g/mol. The van der Waals surface area contributed by atoms with Gasteiger partial charge < -0.3 is 9.84 Å². The van der Waals surface area contributed by atoms with Gasteiger partial charge in [0.1, 0.15) is 5.75 Å². The maximum absolute atomic E-state index is 12.3. The second-order valence-electron chi connectivity index (χ2n) is 5.55. The molecule has 1 amide bonds. The zero-order valence-electron chi connectivity index (χ0n) is 13.9. The smallest absolute Gasteiger partial charge is 0.315 e. The molecule has 25 heavy (non-hydrogen) atoms. The maximum Gasteiger partial charge on any atom is 0.315 e. The van der Waals surface area contributed by atoms with Crippen molar-refractivity contribution < 1.29 is 17.7 Å². The summed E-state index contributed by atoms with van der Waals surface area (Å²) in [5, 5.41) is 6.68. The molecule has 0 radical (unpaired) electrons. The third-order valence-electron chi connectivity index (χ3n) is 3.47. The summed E-state index contributed by atoms with van der Waals surface area (Å²) >= 11 is 5.75. The van der Waals surface area contributed by atoms with Gasteiger partial charge in [0.2, 0.25) is 0 Å². The van der Waals surface area contributed by atoms with Crippen LogP contribution in [-0.4, -0.2) is 31.0 Å². The van der Waals surface area contributed by atoms with Gasteiger partial charge in [0.15, 0.2) is 15.7 Å². The summed E-state index contributed by atoms with van der Waals surface area (Å²) in [5.41, 5.74) is 0. The predicted octanol–water partition coefficient (Wildman–Crippen LogP) is 3.01. The fraction of sp³-hybridized carbons (Fsp3) is 0.438. The van der Waals surface area contributed by atoms with Crippen molar-refractivity contribution in [2.45, 2.75) is 43.3 Å². The minimum absolute atomic E-state index is 0.0638. The molecule has 1 N–H and O–H groups in total. The van der Waals surface area contributed by atoms with E-state index in [9.17, 15) is 13.2 Å². The van der Waals surface area contributed by atoms with Gasteiger partial charge in [-0.05, 0) is 30.7 Å². The number of halogens is 1. The van der Waals surface area contributed by atoms with Crippen molar-refractivity contribution in [1.29, 1.82) is 0 Å². The molecule has 0 saturated heterocycles. The highest BCUT2D eigenvalue weighted by Gasteiger charge is 2.21. The highest BCUT2D eigenvalue weighted by Crippen LogP contribution is 2.18. The van der Waals surface area contributed by atoms with E-state index >= 15 is 0 Å². The largest absolute Gasteiger partial charge is 0.348 e. The number of hydrogen-bond acceptors (Lipinski definition) is 6. The van der Waals surface area contributed by atoms with Crippen LogP contribution in [0.4, 0.5) is 0 Å². The maximum atomic E-state index is 12.3. The Hall–Kier alpha value is -1.93. The first-order valence-corrected chi connectivity index (χ1v) is 10.0. The van der Waals surface area contributed by atoms with E-state index in [1.165, 1.54) is 24.3 Å². The topological polar surface area (TPSA) is 102 Å². The van der Waals surface area contributed by atoms with Crippen molar-refractivity contribution in [2.24, 2.45) is 0 Å². The Bertz CT molecular complexity index is 803. The second kappa shape index (κ2) is 8.96. The molecule has 1 aromatic carbocycles. The number of hydrogen-bond donors (Lipinski definition) is 1. The van der Waals surface area contributed by atoms with E-state index in [-0.39, 0.29) is 16.6 Å². The van der Waals surface area contributed by atoms with Gasteiger partial charge >= 0.3 is 11.8 Å². The molecule has 0 fully saturated rings. The molecule has 0 saturated carbocycles. The van der Waals surface area contributed by atoms with E-state index in [1.807, 2.05) is 0 Å². The molecule has 2 rings (SSSR count). The zero-order chi connectivity index (χ0) is 18.3. The van der Waals surface area contributed by atoms with Crippen LogP contribution in [0, 0.1) is 0 Å². The minimum Gasteiger partial charge on any atom is -0.348 e. The van der Waals surface area contributed by atoms with Crippen LogP contribution >= 0.6 is 11.6 Å². The number of carbonyl (C=O) groups excluding carboxylic acids is 1. The summed E-state index contributed by atoms with van der Waals surface area (Å²) in [7, 11) is -3.65. The van der Waals surface area contributed by atoms with Gasteiger partial charge in [0, 0.05) is 11.6 Å². The molecule has 0 spiro atoms. The van der Waals surface area contributed by atoms with Crippen LogP contribution < -0.4 is 5.32 Å². The third kappa shape index (κ3) is 5.82. The van der Waals surface area contributed by atoms with Crippen molar-refractivity contribution in [1.82, 2.24) is 15.5 Å². The number of nitrogens with one attached hydrogen (secondary N) is 1. The van der Waals surface area contributed by atoms with Gasteiger partial charge in [-0.25, -0.2) is 8.42 Å². The van der Waals surface area contributed by atoms with Crippen LogP contribution in [0.2, 0.25) is 5.02 Å². The first kappa shape index (κ1) is 19.4. The fourth-order valence-electron chi connectivity index (χ4n) is 2.13. The van der Waals surface area contributed by atoms with Crippen LogP contribution in [0.5, 0.6) is 0 Å². The van der Waals surface area contributed by atoms with Crippen LogP contribution in [0.1, 0.15) is 49.1 Å². The first-order chi connectivity index (χ1) is 11.9. The molecule has 0 aliphatic heterocycles. The summed E-state index contributed by atoms with van der Waals surface area (Å²) < 4.78 is 29.4.